The molecule has 3 heteroatoms. The lowest BCUT2D eigenvalue weighted by atomic mass is 9.67. The van der Waals surface area contributed by atoms with Gasteiger partial charge in [-0.15, -0.1) is 0 Å². The molecule has 0 amide bonds. The summed E-state index contributed by atoms with van der Waals surface area (Å²) in [7, 11) is 0. The highest BCUT2D eigenvalue weighted by atomic mass is 32.2. The summed E-state index contributed by atoms with van der Waals surface area (Å²) in [5.74, 6) is 0. The molecule has 0 unspecified atom stereocenters. The third kappa shape index (κ3) is 5.87. The maximum atomic E-state index is 6.72. The van der Waals surface area contributed by atoms with Crippen molar-refractivity contribution in [2.24, 2.45) is 0 Å². The third-order valence-electron chi connectivity index (χ3n) is 16.6. The summed E-state index contributed by atoms with van der Waals surface area (Å²) in [6.07, 6.45) is 0. The molecule has 0 atom stereocenters. The number of para-hydroxylation sites is 1. The molecule has 2 aliphatic carbocycles. The molecule has 0 radical (unpaired) electrons. The Labute approximate surface area is 439 Å². The van der Waals surface area contributed by atoms with Gasteiger partial charge in [0.15, 0.2) is 0 Å². The van der Waals surface area contributed by atoms with Gasteiger partial charge in [-0.1, -0.05) is 224 Å². The van der Waals surface area contributed by atoms with Crippen molar-refractivity contribution in [1.82, 2.24) is 0 Å². The lowest BCUT2D eigenvalue weighted by molar-refractivity contribution is 0.672. The van der Waals surface area contributed by atoms with Crippen LogP contribution in [0.4, 0.5) is 17.1 Å². The minimum Gasteiger partial charge on any atom is -0.455 e. The molecule has 1 aliphatic heterocycles. The first-order valence-electron chi connectivity index (χ1n) is 25.9. The average Bonchev–Trinajstić information content (AvgIpc) is 4.25. The van der Waals surface area contributed by atoms with Gasteiger partial charge in [-0.05, 0) is 144 Å². The molecule has 0 fully saturated rings. The van der Waals surface area contributed by atoms with Crippen LogP contribution in [0.1, 0.15) is 44.5 Å². The topological polar surface area (TPSA) is 16.4 Å². The summed E-state index contributed by atoms with van der Waals surface area (Å²) in [6.45, 7) is 0. The van der Waals surface area contributed by atoms with Crippen LogP contribution in [-0.4, -0.2) is 0 Å². The first-order chi connectivity index (χ1) is 37.2. The maximum Gasteiger partial charge on any atom is 0.143 e. The summed E-state index contributed by atoms with van der Waals surface area (Å²) in [5, 5.41) is 4.46. The van der Waals surface area contributed by atoms with Gasteiger partial charge in [0, 0.05) is 43.0 Å². The Morgan fingerprint density at radius 3 is 1.59 bits per heavy atom. The second-order valence-electron chi connectivity index (χ2n) is 20.2. The highest BCUT2D eigenvalue weighted by molar-refractivity contribution is 7.99. The number of nitrogens with zero attached hydrogens (tertiary/aromatic N) is 1. The van der Waals surface area contributed by atoms with E-state index in [2.05, 4.69) is 278 Å². The van der Waals surface area contributed by atoms with Crippen molar-refractivity contribution < 1.29 is 4.42 Å². The van der Waals surface area contributed by atoms with E-state index in [1.54, 1.807) is 0 Å². The predicted octanol–water partition coefficient (Wildman–Crippen LogP) is 19.1. The summed E-state index contributed by atoms with van der Waals surface area (Å²) < 4.78 is 6.72. The van der Waals surface area contributed by atoms with E-state index in [-0.39, 0.29) is 0 Å². The molecule has 1 spiro atoms. The summed E-state index contributed by atoms with van der Waals surface area (Å²) >= 11 is 1.89. The Balaban J connectivity index is 0.912. The van der Waals surface area contributed by atoms with Crippen LogP contribution in [0.25, 0.3) is 66.1 Å². The molecule has 13 aromatic rings. The van der Waals surface area contributed by atoms with Gasteiger partial charge in [0.1, 0.15) is 11.2 Å². The van der Waals surface area contributed by atoms with Crippen LogP contribution >= 0.6 is 11.8 Å². The largest absolute Gasteiger partial charge is 0.455 e. The summed E-state index contributed by atoms with van der Waals surface area (Å²) in [4.78, 5) is 5.06. The van der Waals surface area contributed by atoms with Gasteiger partial charge < -0.3 is 9.32 Å². The molecule has 350 valence electrons. The zero-order valence-corrected chi connectivity index (χ0v) is 41.6. The number of hydrogen-bond acceptors (Lipinski definition) is 3. The number of fused-ring (bicyclic) bond motifs is 17. The predicted molar refractivity (Wildman–Crippen MR) is 310 cm³/mol. The van der Waals surface area contributed by atoms with E-state index in [9.17, 15) is 0 Å². The van der Waals surface area contributed by atoms with Gasteiger partial charge in [-0.3, -0.25) is 0 Å². The minimum atomic E-state index is -0.552. The van der Waals surface area contributed by atoms with E-state index in [1.165, 1.54) is 87.7 Å². The average molecular weight is 972 g/mol. The van der Waals surface area contributed by atoms with Gasteiger partial charge in [-0.2, -0.15) is 0 Å². The zero-order chi connectivity index (χ0) is 49.2. The fourth-order valence-electron chi connectivity index (χ4n) is 13.6. The van der Waals surface area contributed by atoms with Crippen molar-refractivity contribution in [2.45, 2.75) is 20.6 Å². The van der Waals surface area contributed by atoms with Crippen molar-refractivity contribution in [3.05, 3.63) is 317 Å². The molecule has 0 bridgehead atoms. The lowest BCUT2D eigenvalue weighted by Gasteiger charge is -2.39. The molecule has 2 nitrogen and oxygen atoms in total. The molecular weight excluding hydrogens is 927 g/mol. The highest BCUT2D eigenvalue weighted by Crippen LogP contribution is 2.64. The first-order valence-corrected chi connectivity index (χ1v) is 26.7. The highest BCUT2D eigenvalue weighted by Gasteiger charge is 2.51. The third-order valence-corrected chi connectivity index (χ3v) is 17.8. The van der Waals surface area contributed by atoms with Crippen molar-refractivity contribution in [3.63, 3.8) is 0 Å². The molecule has 2 heterocycles. The van der Waals surface area contributed by atoms with Crippen LogP contribution < -0.4 is 4.90 Å². The van der Waals surface area contributed by atoms with E-state index in [1.807, 2.05) is 11.8 Å². The van der Waals surface area contributed by atoms with E-state index < -0.39 is 10.8 Å². The number of hydrogen-bond donors (Lipinski definition) is 0. The number of furan rings is 1. The Morgan fingerprint density at radius 1 is 0.320 bits per heavy atom. The summed E-state index contributed by atoms with van der Waals surface area (Å²) in [5.41, 5.74) is 21.9. The summed E-state index contributed by atoms with van der Waals surface area (Å²) in [6, 6.07) is 101. The Bertz CT molecular complexity index is 4370. The number of benzene rings is 12. The van der Waals surface area contributed by atoms with Gasteiger partial charge in [0.25, 0.3) is 0 Å². The Hall–Kier alpha value is -9.15. The Morgan fingerprint density at radius 2 is 0.853 bits per heavy atom. The molecular formula is C72H45NOS. The molecule has 3 aliphatic rings. The fourth-order valence-corrected chi connectivity index (χ4v) is 14.8. The van der Waals surface area contributed by atoms with Crippen LogP contribution in [0.15, 0.2) is 287 Å². The number of anilines is 3. The van der Waals surface area contributed by atoms with Crippen molar-refractivity contribution in [1.29, 1.82) is 0 Å². The molecule has 0 saturated heterocycles. The van der Waals surface area contributed by atoms with E-state index >= 15 is 0 Å². The SMILES string of the molecule is c1ccc(C2(c3ccccc3)c3ccccc3-c3ccc(N(c4ccc(-c5cccc6c5-c5ccccc5C65c6ccccc6Sc6ccccc65)cc4)c4ccc5ccc6c7ccccc7oc6c5c4)cc32)cc1. The van der Waals surface area contributed by atoms with Crippen molar-refractivity contribution >= 4 is 61.5 Å². The minimum absolute atomic E-state index is 0.444. The monoisotopic (exact) mass is 971 g/mol. The molecule has 0 N–H and O–H groups in total. The zero-order valence-electron chi connectivity index (χ0n) is 40.7. The van der Waals surface area contributed by atoms with E-state index in [0.717, 1.165) is 49.8 Å². The molecule has 1 aromatic heterocycles. The van der Waals surface area contributed by atoms with E-state index in [0.29, 0.717) is 0 Å². The maximum absolute atomic E-state index is 6.72. The standard InChI is InChI=1S/C72H45NOS/c1-3-18-48(19-4-1)71(49-20-5-2-6-21-49)60-26-10-7-22-54(60)55-43-41-52(45-65(55)71)73(51-40-36-47-37-42-57-56-23-9-14-31-66(56)74-70(57)59(47)44-51)50-38-34-46(35-39-50)53-25-17-30-64-69(53)58-24-8-11-27-61(58)72(64)62-28-12-15-32-67(62)75-68-33-16-13-29-63(68)72/h1-45H. The molecule has 0 saturated carbocycles. The second-order valence-corrected chi connectivity index (χ2v) is 21.3. The van der Waals surface area contributed by atoms with Crippen LogP contribution in [-0.2, 0) is 10.8 Å². The van der Waals surface area contributed by atoms with Crippen molar-refractivity contribution in [2.75, 3.05) is 4.90 Å². The molecule has 16 rings (SSSR count). The smallest absolute Gasteiger partial charge is 0.143 e. The van der Waals surface area contributed by atoms with Crippen molar-refractivity contribution in [3.8, 4) is 33.4 Å². The second kappa shape index (κ2) is 16.2. The van der Waals surface area contributed by atoms with Crippen LogP contribution in [0, 0.1) is 0 Å². The van der Waals surface area contributed by atoms with Crippen LogP contribution in [0.2, 0.25) is 0 Å². The molecule has 12 aromatic carbocycles. The lowest BCUT2D eigenvalue weighted by Crippen LogP contribution is -2.31. The van der Waals surface area contributed by atoms with Gasteiger partial charge in [-0.25, -0.2) is 0 Å². The quantitative estimate of drug-likeness (QED) is 0.165. The van der Waals surface area contributed by atoms with Gasteiger partial charge >= 0.3 is 0 Å². The Kier molecular flexibility index (Phi) is 9.14. The van der Waals surface area contributed by atoms with Crippen LogP contribution in [0.3, 0.4) is 0 Å². The van der Waals surface area contributed by atoms with Gasteiger partial charge in [0.05, 0.1) is 10.8 Å². The normalized spacial score (nSPS) is 14.0. The number of rotatable bonds is 6. The molecule has 75 heavy (non-hydrogen) atoms. The first kappa shape index (κ1) is 42.4. The fraction of sp³-hybridized carbons (Fsp3) is 0.0278. The van der Waals surface area contributed by atoms with E-state index in [4.69, 9.17) is 4.42 Å². The van der Waals surface area contributed by atoms with Gasteiger partial charge in [0.2, 0.25) is 0 Å². The van der Waals surface area contributed by atoms with Crippen LogP contribution in [0.5, 0.6) is 0 Å².